The second kappa shape index (κ2) is 7.97. The predicted octanol–water partition coefficient (Wildman–Crippen LogP) is 3.03. The minimum absolute atomic E-state index is 0.901. The van der Waals surface area contributed by atoms with Crippen molar-refractivity contribution in [3.8, 4) is 0 Å². The van der Waals surface area contributed by atoms with E-state index >= 15 is 0 Å². The summed E-state index contributed by atoms with van der Waals surface area (Å²) in [6, 6.07) is 10.6. The van der Waals surface area contributed by atoms with E-state index < -0.39 is 0 Å². The number of nitrogens with zero attached hydrogens (tertiary/aromatic N) is 3. The van der Waals surface area contributed by atoms with Crippen molar-refractivity contribution in [3.05, 3.63) is 41.7 Å². The van der Waals surface area contributed by atoms with Gasteiger partial charge >= 0.3 is 0 Å². The van der Waals surface area contributed by atoms with Crippen LogP contribution in [0, 0.1) is 0 Å². The first-order chi connectivity index (χ1) is 9.78. The van der Waals surface area contributed by atoms with Crippen molar-refractivity contribution in [1.82, 2.24) is 14.3 Å². The van der Waals surface area contributed by atoms with Crippen LogP contribution in [0.15, 0.2) is 30.3 Å². The molecule has 0 unspecified atom stereocenters. The topological polar surface area (TPSA) is 41.1 Å². The van der Waals surface area contributed by atoms with Crippen LogP contribution in [0.2, 0.25) is 0 Å². The zero-order valence-electron chi connectivity index (χ0n) is 12.2. The van der Waals surface area contributed by atoms with Crippen LogP contribution in [0.5, 0.6) is 0 Å². The zero-order chi connectivity index (χ0) is 14.2. The van der Waals surface area contributed by atoms with Crippen molar-refractivity contribution >= 4 is 16.7 Å². The fourth-order valence-electron chi connectivity index (χ4n) is 1.99. The molecule has 1 aromatic heterocycles. The van der Waals surface area contributed by atoms with Crippen LogP contribution in [0.25, 0.3) is 0 Å². The van der Waals surface area contributed by atoms with Gasteiger partial charge in [-0.2, -0.15) is 4.37 Å². The fraction of sp³-hybridized carbons (Fsp3) is 0.467. The molecule has 0 saturated carbocycles. The predicted molar refractivity (Wildman–Crippen MR) is 85.2 cm³/mol. The molecule has 0 aliphatic heterocycles. The summed E-state index contributed by atoms with van der Waals surface area (Å²) in [6.07, 6.45) is 2.00. The molecular weight excluding hydrogens is 268 g/mol. The van der Waals surface area contributed by atoms with Crippen LogP contribution < -0.4 is 5.32 Å². The largest absolute Gasteiger partial charge is 0.360 e. The van der Waals surface area contributed by atoms with Gasteiger partial charge in [0.05, 0.1) is 0 Å². The van der Waals surface area contributed by atoms with Crippen molar-refractivity contribution in [2.45, 2.75) is 26.3 Å². The summed E-state index contributed by atoms with van der Waals surface area (Å²) in [4.78, 5) is 6.74. The first-order valence-corrected chi connectivity index (χ1v) is 7.84. The van der Waals surface area contributed by atoms with E-state index in [1.807, 2.05) is 0 Å². The van der Waals surface area contributed by atoms with Gasteiger partial charge in [0.1, 0.15) is 5.82 Å². The number of aromatic nitrogens is 2. The molecule has 0 aliphatic rings. The molecule has 5 heteroatoms. The summed E-state index contributed by atoms with van der Waals surface area (Å²) < 4.78 is 4.26. The highest BCUT2D eigenvalue weighted by molar-refractivity contribution is 7.09. The molecule has 0 radical (unpaired) electrons. The lowest BCUT2D eigenvalue weighted by Gasteiger charge is -2.16. The Kier molecular flexibility index (Phi) is 5.95. The Bertz CT molecular complexity index is 498. The van der Waals surface area contributed by atoms with Crippen molar-refractivity contribution in [1.29, 1.82) is 0 Å². The second-order valence-corrected chi connectivity index (χ2v) is 5.62. The third-order valence-electron chi connectivity index (χ3n) is 3.07. The molecule has 0 saturated heterocycles. The van der Waals surface area contributed by atoms with E-state index in [9.17, 15) is 0 Å². The molecule has 2 aromatic rings. The lowest BCUT2D eigenvalue weighted by Crippen LogP contribution is -2.21. The molecule has 1 N–H and O–H groups in total. The summed E-state index contributed by atoms with van der Waals surface area (Å²) in [5.41, 5.74) is 1.36. The van der Waals surface area contributed by atoms with Crippen LogP contribution in [-0.2, 0) is 13.0 Å². The number of benzene rings is 1. The Hall–Kier alpha value is -1.46. The maximum Gasteiger partial charge on any atom is 0.202 e. The monoisotopic (exact) mass is 290 g/mol. The Morgan fingerprint density at radius 2 is 2.05 bits per heavy atom. The SMILES string of the molecule is CCc1nsc(NCCCN(C)Cc2ccccc2)n1. The van der Waals surface area contributed by atoms with Crippen molar-refractivity contribution in [3.63, 3.8) is 0 Å². The number of hydrogen-bond acceptors (Lipinski definition) is 5. The van der Waals surface area contributed by atoms with Gasteiger partial charge < -0.3 is 10.2 Å². The maximum absolute atomic E-state index is 4.40. The minimum Gasteiger partial charge on any atom is -0.360 e. The highest BCUT2D eigenvalue weighted by atomic mass is 32.1. The molecule has 0 fully saturated rings. The van der Waals surface area contributed by atoms with Crippen LogP contribution in [0.1, 0.15) is 24.7 Å². The minimum atomic E-state index is 0.901. The van der Waals surface area contributed by atoms with Gasteiger partial charge in [0, 0.05) is 31.0 Å². The number of anilines is 1. The third kappa shape index (κ3) is 4.90. The summed E-state index contributed by atoms with van der Waals surface area (Å²) in [5.74, 6) is 0.929. The van der Waals surface area contributed by atoms with E-state index in [0.29, 0.717) is 0 Å². The summed E-state index contributed by atoms with van der Waals surface area (Å²) >= 11 is 1.45. The van der Waals surface area contributed by atoms with Gasteiger partial charge in [-0.15, -0.1) is 0 Å². The van der Waals surface area contributed by atoms with E-state index in [1.165, 1.54) is 17.1 Å². The number of aryl methyl sites for hydroxylation is 1. The summed E-state index contributed by atoms with van der Waals surface area (Å²) in [7, 11) is 2.16. The van der Waals surface area contributed by atoms with Crippen LogP contribution in [-0.4, -0.2) is 34.4 Å². The Morgan fingerprint density at radius 3 is 2.75 bits per heavy atom. The Balaban J connectivity index is 1.63. The molecule has 0 bridgehead atoms. The molecule has 2 rings (SSSR count). The molecule has 0 aliphatic carbocycles. The third-order valence-corrected chi connectivity index (χ3v) is 3.78. The first kappa shape index (κ1) is 14.9. The number of nitrogens with one attached hydrogen (secondary N) is 1. The van der Waals surface area contributed by atoms with Gasteiger partial charge in [-0.05, 0) is 25.6 Å². The molecule has 0 spiro atoms. The van der Waals surface area contributed by atoms with E-state index in [0.717, 1.165) is 43.4 Å². The fourth-order valence-corrected chi connectivity index (χ4v) is 2.66. The molecule has 1 heterocycles. The lowest BCUT2D eigenvalue weighted by molar-refractivity contribution is 0.325. The second-order valence-electron chi connectivity index (χ2n) is 4.87. The maximum atomic E-state index is 4.40. The first-order valence-electron chi connectivity index (χ1n) is 7.07. The van der Waals surface area contributed by atoms with Crippen molar-refractivity contribution < 1.29 is 0 Å². The van der Waals surface area contributed by atoms with Crippen molar-refractivity contribution in [2.24, 2.45) is 0 Å². The molecule has 0 atom stereocenters. The number of hydrogen-bond donors (Lipinski definition) is 1. The zero-order valence-corrected chi connectivity index (χ0v) is 13.0. The average Bonchev–Trinajstić information content (AvgIpc) is 2.93. The van der Waals surface area contributed by atoms with Gasteiger partial charge in [0.25, 0.3) is 0 Å². The van der Waals surface area contributed by atoms with Gasteiger partial charge in [-0.1, -0.05) is 37.3 Å². The van der Waals surface area contributed by atoms with E-state index in [1.54, 1.807) is 0 Å². The van der Waals surface area contributed by atoms with E-state index in [-0.39, 0.29) is 0 Å². The van der Waals surface area contributed by atoms with Gasteiger partial charge in [0.15, 0.2) is 0 Å². The van der Waals surface area contributed by atoms with Crippen LogP contribution >= 0.6 is 11.5 Å². The van der Waals surface area contributed by atoms with E-state index in [2.05, 4.69) is 63.9 Å². The molecule has 4 nitrogen and oxygen atoms in total. The summed E-state index contributed by atoms with van der Waals surface area (Å²) in [6.45, 7) is 5.09. The summed E-state index contributed by atoms with van der Waals surface area (Å²) in [5, 5.41) is 4.27. The number of rotatable bonds is 8. The molecular formula is C15H22N4S. The van der Waals surface area contributed by atoms with Gasteiger partial charge in [-0.3, -0.25) is 0 Å². The molecule has 108 valence electrons. The highest BCUT2D eigenvalue weighted by Gasteiger charge is 2.02. The molecule has 1 aromatic carbocycles. The van der Waals surface area contributed by atoms with Gasteiger partial charge in [0.2, 0.25) is 5.13 Å². The Labute approximate surface area is 125 Å². The molecule has 20 heavy (non-hydrogen) atoms. The quantitative estimate of drug-likeness (QED) is 0.759. The normalized spacial score (nSPS) is 10.9. The standard InChI is InChI=1S/C15H22N4S/c1-3-14-17-15(20-18-14)16-10-7-11-19(2)12-13-8-5-4-6-9-13/h4-6,8-9H,3,7,10-12H2,1-2H3,(H,16,17,18). The smallest absolute Gasteiger partial charge is 0.202 e. The molecule has 0 amide bonds. The van der Waals surface area contributed by atoms with Gasteiger partial charge in [-0.25, -0.2) is 4.98 Å². The van der Waals surface area contributed by atoms with Crippen molar-refractivity contribution in [2.75, 3.05) is 25.5 Å². The average molecular weight is 290 g/mol. The van der Waals surface area contributed by atoms with E-state index in [4.69, 9.17) is 0 Å². The Morgan fingerprint density at radius 1 is 1.25 bits per heavy atom. The van der Waals surface area contributed by atoms with Crippen LogP contribution in [0.4, 0.5) is 5.13 Å². The highest BCUT2D eigenvalue weighted by Crippen LogP contribution is 2.11. The lowest BCUT2D eigenvalue weighted by atomic mass is 10.2. The van der Waals surface area contributed by atoms with Crippen LogP contribution in [0.3, 0.4) is 0 Å².